The number of nitrogens with zero attached hydrogens (tertiary/aromatic N) is 3. The van der Waals surface area contributed by atoms with Crippen molar-refractivity contribution in [2.24, 2.45) is 0 Å². The molecular formula is C27H33N5O3. The van der Waals surface area contributed by atoms with Gasteiger partial charge in [0.2, 0.25) is 0 Å². The van der Waals surface area contributed by atoms with Crippen LogP contribution in [-0.4, -0.2) is 54.6 Å². The molecule has 2 aromatic heterocycles. The van der Waals surface area contributed by atoms with Gasteiger partial charge >= 0.3 is 5.97 Å². The minimum Gasteiger partial charge on any atom is -0.461 e. The van der Waals surface area contributed by atoms with Crippen LogP contribution >= 0.6 is 0 Å². The van der Waals surface area contributed by atoms with E-state index < -0.39 is 5.97 Å². The van der Waals surface area contributed by atoms with E-state index in [1.807, 2.05) is 56.3 Å². The van der Waals surface area contributed by atoms with Crippen molar-refractivity contribution >= 4 is 29.0 Å². The van der Waals surface area contributed by atoms with Gasteiger partial charge in [0.25, 0.3) is 0 Å². The normalized spacial score (nSPS) is 12.9. The lowest BCUT2D eigenvalue weighted by Crippen LogP contribution is -2.36. The fraction of sp³-hybridized carbons (Fsp3) is 0.333. The summed E-state index contributed by atoms with van der Waals surface area (Å²) in [6, 6.07) is 15.1. The number of benzene rings is 1. The van der Waals surface area contributed by atoms with Gasteiger partial charge in [0.05, 0.1) is 19.8 Å². The Morgan fingerprint density at radius 1 is 1.14 bits per heavy atom. The molecule has 8 nitrogen and oxygen atoms in total. The van der Waals surface area contributed by atoms with Crippen LogP contribution in [-0.2, 0) is 9.47 Å². The van der Waals surface area contributed by atoms with Gasteiger partial charge < -0.3 is 25.1 Å². The lowest BCUT2D eigenvalue weighted by Gasteiger charge is -2.27. The molecule has 2 N–H and O–H groups in total. The summed E-state index contributed by atoms with van der Waals surface area (Å²) in [5, 5.41) is 11.7. The molecule has 1 aliphatic heterocycles. The highest BCUT2D eigenvalue weighted by Gasteiger charge is 2.21. The Morgan fingerprint density at radius 3 is 2.46 bits per heavy atom. The average molecular weight is 476 g/mol. The molecule has 8 heteroatoms. The molecule has 0 spiro atoms. The van der Waals surface area contributed by atoms with Crippen molar-refractivity contribution in [2.75, 3.05) is 43.1 Å². The number of rotatable bonds is 7. The molecule has 0 atom stereocenters. The number of hydrogen-bond donors (Lipinski definition) is 2. The summed E-state index contributed by atoms with van der Waals surface area (Å²) in [6.45, 7) is 10.7. The fourth-order valence-electron chi connectivity index (χ4n) is 3.74. The first-order valence-electron chi connectivity index (χ1n) is 12.0. The Morgan fingerprint density at radius 2 is 1.86 bits per heavy atom. The minimum absolute atomic E-state index is 0.174. The zero-order valence-electron chi connectivity index (χ0n) is 20.8. The van der Waals surface area contributed by atoms with Crippen molar-refractivity contribution in [2.45, 2.75) is 27.7 Å². The van der Waals surface area contributed by atoms with Crippen molar-refractivity contribution in [1.82, 2.24) is 9.97 Å². The van der Waals surface area contributed by atoms with E-state index >= 15 is 0 Å². The molecule has 1 aromatic carbocycles. The fourth-order valence-corrected chi connectivity index (χ4v) is 3.74. The van der Waals surface area contributed by atoms with E-state index in [-0.39, 0.29) is 12.3 Å². The number of pyridine rings is 2. The first kappa shape index (κ1) is 25.8. The van der Waals surface area contributed by atoms with E-state index in [2.05, 4.69) is 20.2 Å². The maximum atomic E-state index is 12.6. The summed E-state index contributed by atoms with van der Waals surface area (Å²) in [6.07, 6.45) is 1.77. The summed E-state index contributed by atoms with van der Waals surface area (Å²) in [5.74, 6) is 0.783. The molecule has 35 heavy (non-hydrogen) atoms. The van der Waals surface area contributed by atoms with Crippen LogP contribution in [0.25, 0.3) is 11.1 Å². The second-order valence-electron chi connectivity index (χ2n) is 7.62. The second-order valence-corrected chi connectivity index (χ2v) is 7.62. The van der Waals surface area contributed by atoms with Crippen LogP contribution in [0, 0.1) is 5.41 Å². The Bertz CT molecular complexity index is 1130. The number of aromatic nitrogens is 2. The maximum Gasteiger partial charge on any atom is 0.357 e. The Labute approximate surface area is 206 Å². The van der Waals surface area contributed by atoms with Crippen LogP contribution in [0.3, 0.4) is 0 Å². The number of esters is 1. The monoisotopic (exact) mass is 475 g/mol. The minimum atomic E-state index is -0.512. The van der Waals surface area contributed by atoms with Crippen molar-refractivity contribution in [3.05, 3.63) is 66.0 Å². The third-order valence-corrected chi connectivity index (χ3v) is 5.31. The molecule has 0 radical (unpaired) electrons. The Kier molecular flexibility index (Phi) is 9.31. The highest BCUT2D eigenvalue weighted by Crippen LogP contribution is 2.32. The highest BCUT2D eigenvalue weighted by atomic mass is 16.5. The van der Waals surface area contributed by atoms with Gasteiger partial charge in [-0.3, -0.25) is 0 Å². The summed E-state index contributed by atoms with van der Waals surface area (Å²) in [7, 11) is 0. The van der Waals surface area contributed by atoms with Crippen molar-refractivity contribution in [3.8, 4) is 11.1 Å². The number of morpholine rings is 1. The number of ether oxygens (including phenoxy) is 2. The van der Waals surface area contributed by atoms with E-state index in [0.717, 1.165) is 30.2 Å². The summed E-state index contributed by atoms with van der Waals surface area (Å²) < 4.78 is 10.6. The predicted molar refractivity (Wildman–Crippen MR) is 140 cm³/mol. The zero-order valence-corrected chi connectivity index (χ0v) is 20.8. The van der Waals surface area contributed by atoms with E-state index in [1.165, 1.54) is 0 Å². The molecule has 0 amide bonds. The highest BCUT2D eigenvalue weighted by molar-refractivity contribution is 6.08. The van der Waals surface area contributed by atoms with Crippen LogP contribution in [0.15, 0.2) is 54.7 Å². The van der Waals surface area contributed by atoms with E-state index in [0.29, 0.717) is 35.9 Å². The van der Waals surface area contributed by atoms with Crippen molar-refractivity contribution < 1.29 is 14.3 Å². The SMILES string of the molecule is CC.CCOC(=O)c1cc(-c2ccc(N3CCOCC3)nc2)c(C(C)=N)c(Nc2ccccc2)n1. The molecule has 0 unspecified atom stereocenters. The van der Waals surface area contributed by atoms with Gasteiger partial charge in [-0.15, -0.1) is 0 Å². The molecule has 0 bridgehead atoms. The quantitative estimate of drug-likeness (QED) is 0.353. The number of nitrogens with one attached hydrogen (secondary N) is 2. The third-order valence-electron chi connectivity index (χ3n) is 5.31. The largest absolute Gasteiger partial charge is 0.461 e. The van der Waals surface area contributed by atoms with Gasteiger partial charge in [-0.1, -0.05) is 32.0 Å². The average Bonchev–Trinajstić information content (AvgIpc) is 2.90. The first-order valence-corrected chi connectivity index (χ1v) is 12.0. The van der Waals surface area contributed by atoms with Gasteiger partial charge in [-0.2, -0.15) is 0 Å². The number of carbonyl (C=O) groups excluding carboxylic acids is 1. The topological polar surface area (TPSA) is 100 Å². The van der Waals surface area contributed by atoms with E-state index in [4.69, 9.17) is 14.9 Å². The van der Waals surface area contributed by atoms with Gasteiger partial charge in [0.1, 0.15) is 11.6 Å². The first-order chi connectivity index (χ1) is 17.1. The Hall–Kier alpha value is -3.78. The van der Waals surface area contributed by atoms with Crippen LogP contribution in [0.4, 0.5) is 17.3 Å². The van der Waals surface area contributed by atoms with Gasteiger partial charge in [0, 0.05) is 41.8 Å². The summed E-state index contributed by atoms with van der Waals surface area (Å²) in [4.78, 5) is 23.9. The molecule has 4 rings (SSSR count). The van der Waals surface area contributed by atoms with Crippen LogP contribution in [0.5, 0.6) is 0 Å². The smallest absolute Gasteiger partial charge is 0.357 e. The zero-order chi connectivity index (χ0) is 25.2. The number of anilines is 3. The van der Waals surface area contributed by atoms with Gasteiger partial charge in [-0.05, 0) is 49.7 Å². The summed E-state index contributed by atoms with van der Waals surface area (Å²) in [5.41, 5.74) is 3.39. The lowest BCUT2D eigenvalue weighted by atomic mass is 9.97. The lowest BCUT2D eigenvalue weighted by molar-refractivity contribution is 0.0519. The number of carbonyl (C=O) groups is 1. The molecule has 3 heterocycles. The standard InChI is InChI=1S/C25H27N5O3.C2H6/c1-3-33-25(31)21-15-20(18-9-10-22(27-16-18)30-11-13-32-14-12-30)23(17(2)26)24(29-21)28-19-7-5-4-6-8-19;1-2/h4-10,15-16,26H,3,11-14H2,1-2H3,(H,28,29);1-2H3. The second kappa shape index (κ2) is 12.6. The van der Waals surface area contributed by atoms with Gasteiger partial charge in [0.15, 0.2) is 5.69 Å². The molecule has 1 aliphatic rings. The molecule has 3 aromatic rings. The Balaban J connectivity index is 0.00000167. The van der Waals surface area contributed by atoms with Crippen LogP contribution in [0.2, 0.25) is 0 Å². The molecule has 0 saturated carbocycles. The van der Waals surface area contributed by atoms with Crippen molar-refractivity contribution in [1.29, 1.82) is 5.41 Å². The molecular weight excluding hydrogens is 442 g/mol. The molecule has 1 saturated heterocycles. The predicted octanol–water partition coefficient (Wildman–Crippen LogP) is 5.31. The molecule has 184 valence electrons. The van der Waals surface area contributed by atoms with Gasteiger partial charge in [-0.25, -0.2) is 14.8 Å². The van der Waals surface area contributed by atoms with E-state index in [1.54, 1.807) is 26.1 Å². The number of hydrogen-bond acceptors (Lipinski definition) is 8. The van der Waals surface area contributed by atoms with Crippen molar-refractivity contribution in [3.63, 3.8) is 0 Å². The summed E-state index contributed by atoms with van der Waals surface area (Å²) >= 11 is 0. The number of para-hydroxylation sites is 1. The molecule has 1 fully saturated rings. The van der Waals surface area contributed by atoms with Crippen LogP contribution < -0.4 is 10.2 Å². The maximum absolute atomic E-state index is 12.6. The molecule has 0 aliphatic carbocycles. The van der Waals surface area contributed by atoms with E-state index in [9.17, 15) is 4.79 Å². The van der Waals surface area contributed by atoms with Crippen LogP contribution in [0.1, 0.15) is 43.7 Å². The third kappa shape index (κ3) is 6.42.